The van der Waals surface area contributed by atoms with E-state index in [-0.39, 0.29) is 12.5 Å². The lowest BCUT2D eigenvalue weighted by Crippen LogP contribution is -2.47. The van der Waals surface area contributed by atoms with Gasteiger partial charge in [-0.3, -0.25) is 9.59 Å². The molecule has 0 saturated heterocycles. The smallest absolute Gasteiger partial charge is 0.262 e. The van der Waals surface area contributed by atoms with Gasteiger partial charge in [0.15, 0.2) is 6.61 Å². The molecule has 0 aliphatic carbocycles. The van der Waals surface area contributed by atoms with Crippen LogP contribution in [0, 0.1) is 5.92 Å². The van der Waals surface area contributed by atoms with Crippen molar-refractivity contribution in [3.8, 4) is 17.2 Å². The standard InChI is InChI=1S/C23H27BrClN3O5/c1-14(2)9-19(27-22(29)13-33-17-7-5-16(25)6-8-17)23(30)28-26-12-15-10-18(24)21(32-4)11-20(15)31-3/h5-8,10-12,14,19H,9,13H2,1-4H3,(H,27,29)(H,28,30)/b26-12-/t19-/m0/s1. The third kappa shape index (κ3) is 8.58. The highest BCUT2D eigenvalue weighted by Crippen LogP contribution is 2.31. The lowest BCUT2D eigenvalue weighted by molar-refractivity contribution is -0.130. The molecule has 2 aromatic carbocycles. The van der Waals surface area contributed by atoms with E-state index in [1.807, 2.05) is 13.8 Å². The number of hydrogen-bond donors (Lipinski definition) is 2. The zero-order valence-electron chi connectivity index (χ0n) is 18.9. The van der Waals surface area contributed by atoms with Crippen LogP contribution in [-0.4, -0.2) is 44.9 Å². The summed E-state index contributed by atoms with van der Waals surface area (Å²) in [6, 6.07) is 9.34. The molecule has 0 aliphatic heterocycles. The lowest BCUT2D eigenvalue weighted by atomic mass is 10.0. The van der Waals surface area contributed by atoms with E-state index in [9.17, 15) is 9.59 Å². The van der Waals surface area contributed by atoms with Crippen LogP contribution in [0.2, 0.25) is 5.02 Å². The lowest BCUT2D eigenvalue weighted by Gasteiger charge is -2.19. The SMILES string of the molecule is COc1cc(OC)c(/C=N\NC(=O)[C@H](CC(C)C)NC(=O)COc2ccc(Cl)cc2)cc1Br. The number of amides is 2. The third-order valence-corrected chi connectivity index (χ3v) is 5.30. The number of benzene rings is 2. The van der Waals surface area contributed by atoms with Gasteiger partial charge in [0.05, 0.1) is 24.9 Å². The molecule has 1 atom stereocenters. The Morgan fingerprint density at radius 3 is 2.39 bits per heavy atom. The van der Waals surface area contributed by atoms with Crippen LogP contribution in [0.4, 0.5) is 0 Å². The summed E-state index contributed by atoms with van der Waals surface area (Å²) < 4.78 is 16.7. The molecule has 0 saturated carbocycles. The maximum Gasteiger partial charge on any atom is 0.262 e. The van der Waals surface area contributed by atoms with Crippen LogP contribution < -0.4 is 25.0 Å². The van der Waals surface area contributed by atoms with Crippen molar-refractivity contribution in [2.24, 2.45) is 11.0 Å². The van der Waals surface area contributed by atoms with E-state index in [0.29, 0.717) is 38.7 Å². The van der Waals surface area contributed by atoms with Gasteiger partial charge in [0.2, 0.25) is 0 Å². The number of nitrogens with one attached hydrogen (secondary N) is 2. The molecule has 178 valence electrons. The van der Waals surface area contributed by atoms with Crippen LogP contribution in [0.15, 0.2) is 46.0 Å². The Morgan fingerprint density at radius 2 is 1.79 bits per heavy atom. The number of methoxy groups -OCH3 is 2. The molecule has 0 heterocycles. The molecule has 0 aliphatic rings. The predicted molar refractivity (Wildman–Crippen MR) is 131 cm³/mol. The van der Waals surface area contributed by atoms with E-state index in [1.54, 1.807) is 43.5 Å². The number of ether oxygens (including phenoxy) is 3. The number of hydrazone groups is 1. The Bertz CT molecular complexity index is 983. The Labute approximate surface area is 206 Å². The molecule has 0 fully saturated rings. The van der Waals surface area contributed by atoms with Crippen molar-refractivity contribution in [3.63, 3.8) is 0 Å². The first kappa shape index (κ1) is 26.5. The highest BCUT2D eigenvalue weighted by atomic mass is 79.9. The summed E-state index contributed by atoms with van der Waals surface area (Å²) in [7, 11) is 3.08. The number of carbonyl (C=O) groups is 2. The minimum absolute atomic E-state index is 0.167. The summed E-state index contributed by atoms with van der Waals surface area (Å²) in [4.78, 5) is 25.0. The minimum atomic E-state index is -0.770. The van der Waals surface area contributed by atoms with Crippen LogP contribution in [0.5, 0.6) is 17.2 Å². The molecular formula is C23H27BrClN3O5. The Balaban J connectivity index is 1.99. The zero-order valence-corrected chi connectivity index (χ0v) is 21.2. The van der Waals surface area contributed by atoms with E-state index in [4.69, 9.17) is 25.8 Å². The van der Waals surface area contributed by atoms with Gasteiger partial charge < -0.3 is 19.5 Å². The van der Waals surface area contributed by atoms with Gasteiger partial charge in [-0.1, -0.05) is 25.4 Å². The molecule has 33 heavy (non-hydrogen) atoms. The molecule has 0 aromatic heterocycles. The molecule has 0 spiro atoms. The molecule has 10 heteroatoms. The molecule has 2 amide bonds. The summed E-state index contributed by atoms with van der Waals surface area (Å²) >= 11 is 9.25. The quantitative estimate of drug-likeness (QED) is 0.329. The Kier molecular flexibility index (Phi) is 10.5. The second kappa shape index (κ2) is 13.1. The van der Waals surface area contributed by atoms with Gasteiger partial charge in [-0.25, -0.2) is 5.43 Å². The summed E-state index contributed by atoms with van der Waals surface area (Å²) in [5.74, 6) is 0.943. The zero-order chi connectivity index (χ0) is 24.4. The first-order chi connectivity index (χ1) is 15.7. The average molecular weight is 541 g/mol. The molecule has 0 bridgehead atoms. The monoisotopic (exact) mass is 539 g/mol. The van der Waals surface area contributed by atoms with Gasteiger partial charge in [-0.15, -0.1) is 0 Å². The van der Waals surface area contributed by atoms with Gasteiger partial charge in [0.1, 0.15) is 23.3 Å². The van der Waals surface area contributed by atoms with Crippen molar-refractivity contribution in [1.82, 2.24) is 10.7 Å². The summed E-state index contributed by atoms with van der Waals surface area (Å²) in [6.45, 7) is 3.68. The highest BCUT2D eigenvalue weighted by Gasteiger charge is 2.22. The van der Waals surface area contributed by atoms with Crippen LogP contribution in [0.25, 0.3) is 0 Å². The van der Waals surface area contributed by atoms with E-state index < -0.39 is 17.9 Å². The fourth-order valence-corrected chi connectivity index (χ4v) is 3.50. The Hall–Kier alpha value is -2.78. The highest BCUT2D eigenvalue weighted by molar-refractivity contribution is 9.10. The van der Waals surface area contributed by atoms with Crippen LogP contribution in [0.3, 0.4) is 0 Å². The minimum Gasteiger partial charge on any atom is -0.496 e. The van der Waals surface area contributed by atoms with E-state index in [2.05, 4.69) is 31.8 Å². The molecule has 2 N–H and O–H groups in total. The number of rotatable bonds is 11. The predicted octanol–water partition coefficient (Wildman–Crippen LogP) is 4.18. The average Bonchev–Trinajstić information content (AvgIpc) is 2.78. The van der Waals surface area contributed by atoms with Crippen molar-refractivity contribution in [2.75, 3.05) is 20.8 Å². The second-order valence-electron chi connectivity index (χ2n) is 7.46. The normalized spacial score (nSPS) is 11.8. The van der Waals surface area contributed by atoms with Crippen molar-refractivity contribution in [1.29, 1.82) is 0 Å². The van der Waals surface area contributed by atoms with Gasteiger partial charge >= 0.3 is 0 Å². The van der Waals surface area contributed by atoms with Crippen molar-refractivity contribution >= 4 is 45.6 Å². The van der Waals surface area contributed by atoms with Gasteiger partial charge in [-0.05, 0) is 58.6 Å². The maximum absolute atomic E-state index is 12.7. The van der Waals surface area contributed by atoms with Crippen LogP contribution >= 0.6 is 27.5 Å². The molecule has 0 unspecified atom stereocenters. The van der Waals surface area contributed by atoms with E-state index in [1.165, 1.54) is 13.3 Å². The largest absolute Gasteiger partial charge is 0.496 e. The molecule has 0 radical (unpaired) electrons. The summed E-state index contributed by atoms with van der Waals surface area (Å²) in [5.41, 5.74) is 3.11. The molecular weight excluding hydrogens is 514 g/mol. The second-order valence-corrected chi connectivity index (χ2v) is 8.75. The topological polar surface area (TPSA) is 98.3 Å². The van der Waals surface area contributed by atoms with Crippen LogP contribution in [-0.2, 0) is 9.59 Å². The van der Waals surface area contributed by atoms with Crippen LogP contribution in [0.1, 0.15) is 25.8 Å². The third-order valence-electron chi connectivity index (χ3n) is 4.42. The van der Waals surface area contributed by atoms with Gasteiger partial charge in [0.25, 0.3) is 11.8 Å². The van der Waals surface area contributed by atoms with Gasteiger partial charge in [0, 0.05) is 16.7 Å². The fraction of sp³-hybridized carbons (Fsp3) is 0.348. The maximum atomic E-state index is 12.7. The first-order valence-corrected chi connectivity index (χ1v) is 11.3. The number of nitrogens with zero attached hydrogens (tertiary/aromatic N) is 1. The molecule has 8 nitrogen and oxygen atoms in total. The number of halogens is 2. The van der Waals surface area contributed by atoms with Crippen molar-refractivity contribution < 1.29 is 23.8 Å². The fourth-order valence-electron chi connectivity index (χ4n) is 2.85. The van der Waals surface area contributed by atoms with Crippen molar-refractivity contribution in [3.05, 3.63) is 51.5 Å². The summed E-state index contributed by atoms with van der Waals surface area (Å²) in [5, 5.41) is 7.29. The number of carbonyl (C=O) groups excluding carboxylic acids is 2. The van der Waals surface area contributed by atoms with E-state index >= 15 is 0 Å². The van der Waals surface area contributed by atoms with Crippen molar-refractivity contribution in [2.45, 2.75) is 26.3 Å². The molecule has 2 rings (SSSR count). The first-order valence-electron chi connectivity index (χ1n) is 10.2. The number of hydrogen-bond acceptors (Lipinski definition) is 6. The van der Waals surface area contributed by atoms with E-state index in [0.717, 1.165) is 0 Å². The van der Waals surface area contributed by atoms with Gasteiger partial charge in [-0.2, -0.15) is 5.10 Å². The Morgan fingerprint density at radius 1 is 1.12 bits per heavy atom. The summed E-state index contributed by atoms with van der Waals surface area (Å²) in [6.07, 6.45) is 1.89. The molecule has 2 aromatic rings.